The van der Waals surface area contributed by atoms with Gasteiger partial charge in [-0.2, -0.15) is 9.61 Å². The minimum atomic E-state index is 0.0132. The van der Waals surface area contributed by atoms with Gasteiger partial charge in [0.15, 0.2) is 5.65 Å². The zero-order chi connectivity index (χ0) is 25.5. The van der Waals surface area contributed by atoms with Gasteiger partial charge in [0.05, 0.1) is 16.4 Å². The van der Waals surface area contributed by atoms with E-state index in [0.717, 1.165) is 47.6 Å². The fourth-order valence-electron chi connectivity index (χ4n) is 4.07. The van der Waals surface area contributed by atoms with E-state index in [-0.39, 0.29) is 11.7 Å². The summed E-state index contributed by atoms with van der Waals surface area (Å²) in [5.41, 5.74) is 3.70. The van der Waals surface area contributed by atoms with Gasteiger partial charge < -0.3 is 20.6 Å². The Morgan fingerprint density at radius 2 is 1.94 bits per heavy atom. The molecule has 1 amide bonds. The number of aromatic nitrogens is 3. The predicted molar refractivity (Wildman–Crippen MR) is 147 cm³/mol. The zero-order valence-corrected chi connectivity index (χ0v) is 22.1. The van der Waals surface area contributed by atoms with Crippen molar-refractivity contribution < 1.29 is 9.90 Å². The van der Waals surface area contributed by atoms with Crippen molar-refractivity contribution in [3.63, 3.8) is 0 Å². The number of hydrogen-bond donors (Lipinski definition) is 3. The molecule has 2 aromatic carbocycles. The van der Waals surface area contributed by atoms with Gasteiger partial charge in [0.2, 0.25) is 5.91 Å². The average Bonchev–Trinajstić information content (AvgIpc) is 3.26. The standard InChI is InChI=1S/C27H31BrN6O2/c1-3-13-33(4-2)14-12-26(36)31-20-9-7-8-19(15-20)17-29-25-16-23(21-10-5-6-11-24(21)35)32-27-22(28)18-30-34(25)27/h5-11,15-16,18,29,35H,3-4,12-14,17H2,1-2H3,(H,31,36). The summed E-state index contributed by atoms with van der Waals surface area (Å²) in [6, 6.07) is 16.8. The Morgan fingerprint density at radius 3 is 2.72 bits per heavy atom. The lowest BCUT2D eigenvalue weighted by molar-refractivity contribution is -0.116. The molecule has 0 radical (unpaired) electrons. The number of nitrogens with zero attached hydrogens (tertiary/aromatic N) is 4. The summed E-state index contributed by atoms with van der Waals surface area (Å²) < 4.78 is 2.47. The molecule has 2 aromatic heterocycles. The molecule has 0 bridgehead atoms. The number of amides is 1. The van der Waals surface area contributed by atoms with Gasteiger partial charge in [-0.25, -0.2) is 4.98 Å². The minimum Gasteiger partial charge on any atom is -0.507 e. The van der Waals surface area contributed by atoms with Crippen LogP contribution in [0, 0.1) is 0 Å². The summed E-state index contributed by atoms with van der Waals surface area (Å²) in [6.07, 6.45) is 3.24. The molecule has 0 atom stereocenters. The van der Waals surface area contributed by atoms with Crippen LogP contribution in [-0.4, -0.2) is 50.1 Å². The molecular formula is C27H31BrN6O2. The summed E-state index contributed by atoms with van der Waals surface area (Å²) in [5, 5.41) is 21.2. The number of hydrogen-bond acceptors (Lipinski definition) is 6. The van der Waals surface area contributed by atoms with Crippen molar-refractivity contribution in [3.8, 4) is 17.0 Å². The highest BCUT2D eigenvalue weighted by Crippen LogP contribution is 2.31. The molecule has 4 aromatic rings. The van der Waals surface area contributed by atoms with Crippen molar-refractivity contribution in [1.29, 1.82) is 0 Å². The first-order valence-electron chi connectivity index (χ1n) is 12.2. The van der Waals surface area contributed by atoms with Crippen molar-refractivity contribution in [3.05, 3.63) is 70.8 Å². The van der Waals surface area contributed by atoms with Crippen LogP contribution in [0.3, 0.4) is 0 Å². The van der Waals surface area contributed by atoms with Crippen LogP contribution in [0.15, 0.2) is 65.3 Å². The SMILES string of the molecule is CCCN(CC)CCC(=O)Nc1cccc(CNc2cc(-c3ccccc3O)nc3c(Br)cnn23)c1. The number of carbonyl (C=O) groups excluding carboxylic acids is 1. The van der Waals surface area contributed by atoms with Gasteiger partial charge in [-0.1, -0.05) is 38.1 Å². The number of aromatic hydroxyl groups is 1. The van der Waals surface area contributed by atoms with E-state index in [1.807, 2.05) is 42.5 Å². The maximum Gasteiger partial charge on any atom is 0.225 e. The minimum absolute atomic E-state index is 0.0132. The van der Waals surface area contributed by atoms with Gasteiger partial charge in [0.1, 0.15) is 11.6 Å². The molecule has 0 spiro atoms. The first-order valence-corrected chi connectivity index (χ1v) is 13.0. The fourth-order valence-corrected chi connectivity index (χ4v) is 4.42. The number of carbonyl (C=O) groups is 1. The fraction of sp³-hybridized carbons (Fsp3) is 0.296. The maximum atomic E-state index is 12.5. The normalized spacial score (nSPS) is 11.2. The van der Waals surface area contributed by atoms with E-state index in [0.29, 0.717) is 29.9 Å². The van der Waals surface area contributed by atoms with Crippen LogP contribution in [0.5, 0.6) is 5.75 Å². The molecule has 0 saturated carbocycles. The first-order chi connectivity index (χ1) is 17.5. The maximum absolute atomic E-state index is 12.5. The van der Waals surface area contributed by atoms with E-state index in [1.54, 1.807) is 22.8 Å². The van der Waals surface area contributed by atoms with E-state index in [1.165, 1.54) is 0 Å². The number of fused-ring (bicyclic) bond motifs is 1. The molecule has 0 fully saturated rings. The van der Waals surface area contributed by atoms with Crippen molar-refractivity contribution >= 4 is 39.0 Å². The highest BCUT2D eigenvalue weighted by atomic mass is 79.9. The summed E-state index contributed by atoms with van der Waals surface area (Å²) in [7, 11) is 0. The molecule has 188 valence electrons. The number of rotatable bonds is 11. The van der Waals surface area contributed by atoms with Crippen molar-refractivity contribution in [1.82, 2.24) is 19.5 Å². The lowest BCUT2D eigenvalue weighted by Crippen LogP contribution is -2.28. The van der Waals surface area contributed by atoms with E-state index >= 15 is 0 Å². The molecule has 4 rings (SSSR count). The van der Waals surface area contributed by atoms with Crippen LogP contribution in [-0.2, 0) is 11.3 Å². The highest BCUT2D eigenvalue weighted by molar-refractivity contribution is 9.10. The zero-order valence-electron chi connectivity index (χ0n) is 20.5. The van der Waals surface area contributed by atoms with E-state index in [9.17, 15) is 9.90 Å². The predicted octanol–water partition coefficient (Wildman–Crippen LogP) is 5.54. The second-order valence-electron chi connectivity index (χ2n) is 8.56. The van der Waals surface area contributed by atoms with Gasteiger partial charge in [-0.05, 0) is 65.3 Å². The van der Waals surface area contributed by atoms with Gasteiger partial charge in [0, 0.05) is 36.8 Å². The Morgan fingerprint density at radius 1 is 1.11 bits per heavy atom. The average molecular weight is 551 g/mol. The van der Waals surface area contributed by atoms with Gasteiger partial charge in [-0.3, -0.25) is 4.79 Å². The number of nitrogens with one attached hydrogen (secondary N) is 2. The Kier molecular flexibility index (Phi) is 8.56. The Balaban J connectivity index is 1.47. The van der Waals surface area contributed by atoms with Gasteiger partial charge >= 0.3 is 0 Å². The van der Waals surface area contributed by atoms with Crippen LogP contribution in [0.1, 0.15) is 32.3 Å². The van der Waals surface area contributed by atoms with Crippen molar-refractivity contribution in [2.75, 3.05) is 30.3 Å². The van der Waals surface area contributed by atoms with Gasteiger partial charge in [0.25, 0.3) is 0 Å². The molecule has 9 heteroatoms. The first kappa shape index (κ1) is 25.7. The van der Waals surface area contributed by atoms with Crippen molar-refractivity contribution in [2.24, 2.45) is 0 Å². The van der Waals surface area contributed by atoms with E-state index in [4.69, 9.17) is 0 Å². The number of anilines is 2. The number of benzene rings is 2. The smallest absolute Gasteiger partial charge is 0.225 e. The number of phenolic OH excluding ortho intramolecular Hbond substituents is 1. The number of para-hydroxylation sites is 1. The quantitative estimate of drug-likeness (QED) is 0.227. The molecule has 0 aliphatic carbocycles. The summed E-state index contributed by atoms with van der Waals surface area (Å²) in [4.78, 5) is 19.4. The van der Waals surface area contributed by atoms with Crippen LogP contribution < -0.4 is 10.6 Å². The topological polar surface area (TPSA) is 94.8 Å². The Bertz CT molecular complexity index is 1340. The molecule has 0 aliphatic heterocycles. The molecule has 36 heavy (non-hydrogen) atoms. The lowest BCUT2D eigenvalue weighted by atomic mass is 10.1. The van der Waals surface area contributed by atoms with Crippen LogP contribution in [0.2, 0.25) is 0 Å². The van der Waals surface area contributed by atoms with Crippen LogP contribution in [0.25, 0.3) is 16.9 Å². The van der Waals surface area contributed by atoms with E-state index in [2.05, 4.69) is 55.4 Å². The molecule has 0 aliphatic rings. The van der Waals surface area contributed by atoms with Crippen LogP contribution in [0.4, 0.5) is 11.5 Å². The summed E-state index contributed by atoms with van der Waals surface area (Å²) >= 11 is 3.51. The second kappa shape index (κ2) is 12.0. The molecule has 2 heterocycles. The monoisotopic (exact) mass is 550 g/mol. The Labute approximate surface area is 219 Å². The highest BCUT2D eigenvalue weighted by Gasteiger charge is 2.14. The van der Waals surface area contributed by atoms with Crippen molar-refractivity contribution in [2.45, 2.75) is 33.2 Å². The third-order valence-corrected chi connectivity index (χ3v) is 6.49. The molecule has 0 saturated heterocycles. The number of halogens is 1. The number of phenols is 1. The summed E-state index contributed by atoms with van der Waals surface area (Å²) in [5.74, 6) is 0.907. The van der Waals surface area contributed by atoms with E-state index < -0.39 is 0 Å². The Hall–Kier alpha value is -3.43. The van der Waals surface area contributed by atoms with Crippen LogP contribution >= 0.6 is 15.9 Å². The second-order valence-corrected chi connectivity index (χ2v) is 9.41. The van der Waals surface area contributed by atoms with Gasteiger partial charge in [-0.15, -0.1) is 0 Å². The molecule has 3 N–H and O–H groups in total. The molecule has 0 unspecified atom stereocenters. The third kappa shape index (κ3) is 6.22. The largest absolute Gasteiger partial charge is 0.507 e. The molecular weight excluding hydrogens is 520 g/mol. The summed E-state index contributed by atoms with van der Waals surface area (Å²) in [6.45, 7) is 7.49. The lowest BCUT2D eigenvalue weighted by Gasteiger charge is -2.19. The molecule has 8 nitrogen and oxygen atoms in total. The third-order valence-electron chi connectivity index (χ3n) is 5.94.